The summed E-state index contributed by atoms with van der Waals surface area (Å²) in [6.07, 6.45) is 2.67. The van der Waals surface area contributed by atoms with E-state index in [9.17, 15) is 19.5 Å². The molecule has 1 aliphatic heterocycles. The Labute approximate surface area is 177 Å². The molecule has 0 atom stereocenters. The number of thioether (sulfide) groups is 1. The van der Waals surface area contributed by atoms with Gasteiger partial charge in [-0.05, 0) is 29.7 Å². The minimum Gasteiger partial charge on any atom is -0.545 e. The zero-order valence-electron chi connectivity index (χ0n) is 15.5. The van der Waals surface area contributed by atoms with E-state index in [1.807, 2.05) is 24.3 Å². The molecule has 0 aromatic heterocycles. The lowest BCUT2D eigenvalue weighted by atomic mass is 10.1. The molecule has 29 heavy (non-hydrogen) atoms. The molecule has 0 radical (unpaired) electrons. The van der Waals surface area contributed by atoms with E-state index in [1.165, 1.54) is 28.7 Å². The number of nitrogens with one attached hydrogen (secondary N) is 1. The summed E-state index contributed by atoms with van der Waals surface area (Å²) in [5, 5.41) is 13.6. The van der Waals surface area contributed by atoms with Gasteiger partial charge in [-0.1, -0.05) is 73.4 Å². The van der Waals surface area contributed by atoms with Gasteiger partial charge in [-0.2, -0.15) is 0 Å². The van der Waals surface area contributed by atoms with Crippen LogP contribution in [-0.4, -0.2) is 33.5 Å². The Balaban J connectivity index is 1.70. The number of para-hydroxylation sites is 1. The summed E-state index contributed by atoms with van der Waals surface area (Å²) in [4.78, 5) is 37.8. The zero-order chi connectivity index (χ0) is 21.0. The lowest BCUT2D eigenvalue weighted by Crippen LogP contribution is -2.36. The summed E-state index contributed by atoms with van der Waals surface area (Å²) >= 11 is 6.37. The number of anilines is 1. The summed E-state index contributed by atoms with van der Waals surface area (Å²) in [5.41, 5.74) is 2.04. The quantitative estimate of drug-likeness (QED) is 0.565. The molecule has 0 aliphatic carbocycles. The van der Waals surface area contributed by atoms with E-state index in [0.29, 0.717) is 4.91 Å². The second kappa shape index (κ2) is 9.02. The van der Waals surface area contributed by atoms with Gasteiger partial charge in [-0.3, -0.25) is 14.5 Å². The van der Waals surface area contributed by atoms with Gasteiger partial charge in [0, 0.05) is 11.3 Å². The van der Waals surface area contributed by atoms with Crippen LogP contribution in [0.4, 0.5) is 5.69 Å². The van der Waals surface area contributed by atoms with Crippen LogP contribution in [0.2, 0.25) is 0 Å². The summed E-state index contributed by atoms with van der Waals surface area (Å²) < 4.78 is 0.273. The number of benzene rings is 2. The van der Waals surface area contributed by atoms with Gasteiger partial charge in [0.1, 0.15) is 10.9 Å². The Morgan fingerprint density at radius 1 is 1.17 bits per heavy atom. The monoisotopic (exact) mass is 425 g/mol. The molecule has 1 heterocycles. The Morgan fingerprint density at radius 3 is 2.52 bits per heavy atom. The van der Waals surface area contributed by atoms with Gasteiger partial charge in [-0.15, -0.1) is 0 Å². The minimum absolute atomic E-state index is 0.106. The molecule has 1 N–H and O–H groups in total. The summed E-state index contributed by atoms with van der Waals surface area (Å²) in [5.74, 6) is -2.31. The second-order valence-electron chi connectivity index (χ2n) is 6.24. The molecule has 148 valence electrons. The third kappa shape index (κ3) is 4.90. The standard InChI is InChI=1S/C21H18N2O4S2/c1-2-13-7-9-14(10-8-13)11-17-19(25)23(21(28)29-17)12-18(24)22-16-6-4-3-5-15(16)20(26)27/h3-11H,2,12H2,1H3,(H,22,24)(H,26,27)/p-1/b17-11-. The largest absolute Gasteiger partial charge is 0.545 e. The number of amides is 2. The molecule has 6 nitrogen and oxygen atoms in total. The van der Waals surface area contributed by atoms with Gasteiger partial charge in [0.05, 0.1) is 10.9 Å². The number of aryl methyl sites for hydroxylation is 1. The number of nitrogens with zero attached hydrogens (tertiary/aromatic N) is 1. The van der Waals surface area contributed by atoms with Crippen LogP contribution in [-0.2, 0) is 16.0 Å². The summed E-state index contributed by atoms with van der Waals surface area (Å²) in [6.45, 7) is 1.76. The molecular weight excluding hydrogens is 408 g/mol. The lowest BCUT2D eigenvalue weighted by Gasteiger charge is -2.16. The first-order chi connectivity index (χ1) is 13.9. The van der Waals surface area contributed by atoms with Crippen molar-refractivity contribution < 1.29 is 19.5 Å². The molecule has 8 heteroatoms. The molecular formula is C21H17N2O4S2-. The van der Waals surface area contributed by atoms with Crippen molar-refractivity contribution in [2.24, 2.45) is 0 Å². The number of carboxylic acids is 1. The highest BCUT2D eigenvalue weighted by Gasteiger charge is 2.33. The normalized spacial score (nSPS) is 15.1. The molecule has 3 rings (SSSR count). The average Bonchev–Trinajstić information content (AvgIpc) is 2.96. The summed E-state index contributed by atoms with van der Waals surface area (Å²) in [7, 11) is 0. The van der Waals surface area contributed by atoms with Crippen molar-refractivity contribution in [3.05, 3.63) is 70.1 Å². The van der Waals surface area contributed by atoms with Gasteiger partial charge >= 0.3 is 0 Å². The fourth-order valence-corrected chi connectivity index (χ4v) is 4.00. The number of carbonyl (C=O) groups is 3. The first-order valence-corrected chi connectivity index (χ1v) is 10.1. The van der Waals surface area contributed by atoms with E-state index >= 15 is 0 Å². The van der Waals surface area contributed by atoms with Crippen LogP contribution in [0.3, 0.4) is 0 Å². The third-order valence-electron chi connectivity index (χ3n) is 4.28. The van der Waals surface area contributed by atoms with E-state index in [4.69, 9.17) is 12.2 Å². The summed E-state index contributed by atoms with van der Waals surface area (Å²) in [6, 6.07) is 13.7. The van der Waals surface area contributed by atoms with E-state index in [-0.39, 0.29) is 28.0 Å². The molecule has 2 aromatic carbocycles. The molecule has 0 bridgehead atoms. The number of carboxylic acid groups (broad SMARTS) is 1. The van der Waals surface area contributed by atoms with E-state index in [1.54, 1.807) is 12.1 Å². The Kier molecular flexibility index (Phi) is 6.46. The highest BCUT2D eigenvalue weighted by Crippen LogP contribution is 2.32. The molecule has 1 aliphatic rings. The molecule has 0 saturated carbocycles. The Hall–Kier alpha value is -2.97. The molecule has 2 amide bonds. The van der Waals surface area contributed by atoms with Crippen LogP contribution in [0.1, 0.15) is 28.4 Å². The highest BCUT2D eigenvalue weighted by molar-refractivity contribution is 8.26. The topological polar surface area (TPSA) is 89.5 Å². The number of hydrogen-bond donors (Lipinski definition) is 1. The SMILES string of the molecule is CCc1ccc(/C=C2\SC(=S)N(CC(=O)Nc3ccccc3C(=O)[O-])C2=O)cc1. The fraction of sp³-hybridized carbons (Fsp3) is 0.143. The lowest BCUT2D eigenvalue weighted by molar-refractivity contribution is -0.254. The van der Waals surface area contributed by atoms with Crippen LogP contribution in [0.5, 0.6) is 0 Å². The van der Waals surface area contributed by atoms with Gasteiger partial charge in [-0.25, -0.2) is 0 Å². The van der Waals surface area contributed by atoms with Crippen LogP contribution in [0, 0.1) is 0 Å². The van der Waals surface area contributed by atoms with Gasteiger partial charge < -0.3 is 15.2 Å². The van der Waals surface area contributed by atoms with Crippen molar-refractivity contribution in [2.75, 3.05) is 11.9 Å². The van der Waals surface area contributed by atoms with Crippen LogP contribution < -0.4 is 10.4 Å². The van der Waals surface area contributed by atoms with Crippen molar-refractivity contribution in [1.82, 2.24) is 4.90 Å². The maximum atomic E-state index is 12.7. The van der Waals surface area contributed by atoms with Gasteiger partial charge in [0.25, 0.3) is 5.91 Å². The maximum absolute atomic E-state index is 12.7. The third-order valence-corrected chi connectivity index (χ3v) is 5.66. The average molecular weight is 426 g/mol. The molecule has 2 aromatic rings. The highest BCUT2D eigenvalue weighted by atomic mass is 32.2. The predicted molar refractivity (Wildman–Crippen MR) is 115 cm³/mol. The minimum atomic E-state index is -1.40. The number of hydrogen-bond acceptors (Lipinski definition) is 6. The molecule has 0 spiro atoms. The Bertz CT molecular complexity index is 1020. The first kappa shape index (κ1) is 20.8. The van der Waals surface area contributed by atoms with Crippen LogP contribution >= 0.6 is 24.0 Å². The molecule has 1 fully saturated rings. The Morgan fingerprint density at radius 2 is 1.86 bits per heavy atom. The number of aromatic carboxylic acids is 1. The van der Waals surface area contributed by atoms with Crippen LogP contribution in [0.15, 0.2) is 53.4 Å². The van der Waals surface area contributed by atoms with E-state index in [2.05, 4.69) is 12.2 Å². The number of rotatable bonds is 6. The van der Waals surface area contributed by atoms with E-state index in [0.717, 1.165) is 23.7 Å². The zero-order valence-corrected chi connectivity index (χ0v) is 17.1. The van der Waals surface area contributed by atoms with Crippen molar-refractivity contribution >= 4 is 57.8 Å². The maximum Gasteiger partial charge on any atom is 0.266 e. The van der Waals surface area contributed by atoms with E-state index < -0.39 is 11.9 Å². The van der Waals surface area contributed by atoms with Crippen LogP contribution in [0.25, 0.3) is 6.08 Å². The number of carbonyl (C=O) groups excluding carboxylic acids is 3. The van der Waals surface area contributed by atoms with Crippen molar-refractivity contribution in [2.45, 2.75) is 13.3 Å². The first-order valence-electron chi connectivity index (χ1n) is 8.83. The van der Waals surface area contributed by atoms with Crippen molar-refractivity contribution in [3.8, 4) is 0 Å². The number of thiocarbonyl (C=S) groups is 1. The smallest absolute Gasteiger partial charge is 0.266 e. The van der Waals surface area contributed by atoms with Gasteiger partial charge in [0.2, 0.25) is 5.91 Å². The second-order valence-corrected chi connectivity index (χ2v) is 7.92. The van der Waals surface area contributed by atoms with Crippen molar-refractivity contribution in [1.29, 1.82) is 0 Å². The fourth-order valence-electron chi connectivity index (χ4n) is 2.74. The predicted octanol–water partition coefficient (Wildman–Crippen LogP) is 2.45. The molecule has 0 unspecified atom stereocenters. The van der Waals surface area contributed by atoms with Gasteiger partial charge in [0.15, 0.2) is 0 Å². The molecule has 1 saturated heterocycles. The van der Waals surface area contributed by atoms with Crippen molar-refractivity contribution in [3.63, 3.8) is 0 Å².